The number of aliphatic hydroxyl groups excluding tert-OH is 1. The molecule has 1 aliphatic heterocycles. The highest BCUT2D eigenvalue weighted by molar-refractivity contribution is 7.80. The first-order chi connectivity index (χ1) is 11.6. The van der Waals surface area contributed by atoms with E-state index in [1.807, 2.05) is 43.3 Å². The van der Waals surface area contributed by atoms with Gasteiger partial charge in [0.2, 0.25) is 0 Å². The summed E-state index contributed by atoms with van der Waals surface area (Å²) < 4.78 is 11.0. The van der Waals surface area contributed by atoms with Crippen molar-refractivity contribution < 1.29 is 14.6 Å². The Kier molecular flexibility index (Phi) is 5.17. The highest BCUT2D eigenvalue weighted by Crippen LogP contribution is 2.32. The van der Waals surface area contributed by atoms with Crippen LogP contribution in [0.4, 0.5) is 5.69 Å². The topological polar surface area (TPSA) is 62.8 Å². The van der Waals surface area contributed by atoms with Gasteiger partial charge in [0.1, 0.15) is 13.2 Å². The summed E-state index contributed by atoms with van der Waals surface area (Å²) in [5.41, 5.74) is 2.81. The van der Waals surface area contributed by atoms with Crippen LogP contribution in [0.15, 0.2) is 42.5 Å². The molecule has 0 spiro atoms. The molecule has 3 N–H and O–H groups in total. The van der Waals surface area contributed by atoms with E-state index in [1.165, 1.54) is 0 Å². The summed E-state index contributed by atoms with van der Waals surface area (Å²) in [6, 6.07) is 13.3. The van der Waals surface area contributed by atoms with Gasteiger partial charge >= 0.3 is 0 Å². The Morgan fingerprint density at radius 3 is 2.71 bits per heavy atom. The van der Waals surface area contributed by atoms with Gasteiger partial charge in [0.05, 0.1) is 6.10 Å². The number of nitrogens with one attached hydrogen (secondary N) is 2. The van der Waals surface area contributed by atoms with Crippen molar-refractivity contribution in [1.82, 2.24) is 5.32 Å². The molecule has 0 saturated heterocycles. The van der Waals surface area contributed by atoms with Gasteiger partial charge in [-0.05, 0) is 48.5 Å². The summed E-state index contributed by atoms with van der Waals surface area (Å²) in [7, 11) is 0. The number of thiocarbonyl (C=S) groups is 1. The first kappa shape index (κ1) is 16.5. The molecule has 2 aromatic rings. The molecule has 6 heteroatoms. The number of hydrogen-bond donors (Lipinski definition) is 3. The Bertz CT molecular complexity index is 736. The summed E-state index contributed by atoms with van der Waals surface area (Å²) in [5.74, 6) is 1.38. The van der Waals surface area contributed by atoms with E-state index < -0.39 is 6.10 Å². The molecule has 24 heavy (non-hydrogen) atoms. The van der Waals surface area contributed by atoms with Gasteiger partial charge in [-0.15, -0.1) is 0 Å². The molecule has 0 saturated carbocycles. The number of benzene rings is 2. The lowest BCUT2D eigenvalue weighted by atomic mass is 10.1. The molecule has 0 radical (unpaired) electrons. The van der Waals surface area contributed by atoms with Crippen LogP contribution in [0.25, 0.3) is 0 Å². The van der Waals surface area contributed by atoms with Gasteiger partial charge in [-0.1, -0.05) is 24.3 Å². The number of anilines is 1. The SMILES string of the molecule is Cc1ccccc1NC(=S)NCC(O)c1ccc2c(c1)OCCO2. The van der Waals surface area contributed by atoms with E-state index in [-0.39, 0.29) is 0 Å². The molecule has 126 valence electrons. The Labute approximate surface area is 146 Å². The predicted octanol–water partition coefficient (Wildman–Crippen LogP) is 2.79. The van der Waals surface area contributed by atoms with E-state index >= 15 is 0 Å². The van der Waals surface area contributed by atoms with Crippen molar-refractivity contribution in [1.29, 1.82) is 0 Å². The molecule has 1 heterocycles. The standard InChI is InChI=1S/C18H20N2O3S/c1-12-4-2-3-5-14(12)20-18(24)19-11-15(21)13-6-7-16-17(10-13)23-9-8-22-16/h2-7,10,15,21H,8-9,11H2,1H3,(H2,19,20,24). The second kappa shape index (κ2) is 7.51. The van der Waals surface area contributed by atoms with E-state index in [1.54, 1.807) is 6.07 Å². The largest absolute Gasteiger partial charge is 0.486 e. The fraction of sp³-hybridized carbons (Fsp3) is 0.278. The lowest BCUT2D eigenvalue weighted by Gasteiger charge is -2.20. The molecule has 1 aliphatic rings. The highest BCUT2D eigenvalue weighted by Gasteiger charge is 2.15. The van der Waals surface area contributed by atoms with Crippen molar-refractivity contribution in [3.63, 3.8) is 0 Å². The van der Waals surface area contributed by atoms with E-state index in [0.29, 0.717) is 36.4 Å². The minimum atomic E-state index is -0.697. The van der Waals surface area contributed by atoms with Crippen LogP contribution in [-0.2, 0) is 0 Å². The van der Waals surface area contributed by atoms with Gasteiger partial charge in [-0.25, -0.2) is 0 Å². The molecule has 1 unspecified atom stereocenters. The predicted molar refractivity (Wildman–Crippen MR) is 97.8 cm³/mol. The first-order valence-corrected chi connectivity index (χ1v) is 8.22. The minimum absolute atomic E-state index is 0.303. The molecule has 2 aromatic carbocycles. The van der Waals surface area contributed by atoms with E-state index in [4.69, 9.17) is 21.7 Å². The van der Waals surface area contributed by atoms with Crippen LogP contribution in [-0.4, -0.2) is 30.0 Å². The van der Waals surface area contributed by atoms with Crippen LogP contribution < -0.4 is 20.1 Å². The highest BCUT2D eigenvalue weighted by atomic mass is 32.1. The maximum absolute atomic E-state index is 10.3. The Morgan fingerprint density at radius 2 is 1.92 bits per heavy atom. The van der Waals surface area contributed by atoms with Crippen molar-refractivity contribution in [2.24, 2.45) is 0 Å². The zero-order valence-electron chi connectivity index (χ0n) is 13.4. The molecule has 0 bridgehead atoms. The van der Waals surface area contributed by atoms with Gasteiger partial charge in [-0.2, -0.15) is 0 Å². The number of fused-ring (bicyclic) bond motifs is 1. The molecule has 0 fully saturated rings. The third kappa shape index (κ3) is 3.96. The summed E-state index contributed by atoms with van der Waals surface area (Å²) in [6.07, 6.45) is -0.697. The first-order valence-electron chi connectivity index (χ1n) is 7.81. The molecular formula is C18H20N2O3S. The van der Waals surface area contributed by atoms with E-state index in [9.17, 15) is 5.11 Å². The van der Waals surface area contributed by atoms with Gasteiger partial charge in [0, 0.05) is 12.2 Å². The average molecular weight is 344 g/mol. The fourth-order valence-corrected chi connectivity index (χ4v) is 2.65. The molecule has 0 aliphatic carbocycles. The number of ether oxygens (including phenoxy) is 2. The van der Waals surface area contributed by atoms with Crippen LogP contribution in [0.5, 0.6) is 11.5 Å². The molecular weight excluding hydrogens is 324 g/mol. The third-order valence-corrected chi connectivity index (χ3v) is 4.05. The lowest BCUT2D eigenvalue weighted by Crippen LogP contribution is -2.32. The van der Waals surface area contributed by atoms with Crippen molar-refractivity contribution >= 4 is 23.0 Å². The van der Waals surface area contributed by atoms with Crippen molar-refractivity contribution in [3.05, 3.63) is 53.6 Å². The average Bonchev–Trinajstić information content (AvgIpc) is 2.61. The quantitative estimate of drug-likeness (QED) is 0.742. The second-order valence-electron chi connectivity index (χ2n) is 5.57. The lowest BCUT2D eigenvalue weighted by molar-refractivity contribution is 0.165. The summed E-state index contributed by atoms with van der Waals surface area (Å²) in [5, 5.41) is 17.0. The monoisotopic (exact) mass is 344 g/mol. The Balaban J connectivity index is 1.56. The summed E-state index contributed by atoms with van der Waals surface area (Å²) in [4.78, 5) is 0. The molecule has 5 nitrogen and oxygen atoms in total. The van der Waals surface area contributed by atoms with Gasteiger partial charge in [0.15, 0.2) is 16.6 Å². The van der Waals surface area contributed by atoms with Crippen molar-refractivity contribution in [3.8, 4) is 11.5 Å². The van der Waals surface area contributed by atoms with Crippen LogP contribution in [0.2, 0.25) is 0 Å². The smallest absolute Gasteiger partial charge is 0.170 e. The Hall–Kier alpha value is -2.31. The number of aryl methyl sites for hydroxylation is 1. The van der Waals surface area contributed by atoms with Crippen molar-refractivity contribution in [2.45, 2.75) is 13.0 Å². The number of rotatable bonds is 4. The summed E-state index contributed by atoms with van der Waals surface area (Å²) >= 11 is 5.28. The fourth-order valence-electron chi connectivity index (χ4n) is 2.45. The van der Waals surface area contributed by atoms with Crippen LogP contribution >= 0.6 is 12.2 Å². The summed E-state index contributed by atoms with van der Waals surface area (Å²) in [6.45, 7) is 3.39. The molecule has 0 amide bonds. The maximum atomic E-state index is 10.3. The van der Waals surface area contributed by atoms with Gasteiger partial charge < -0.3 is 25.2 Å². The van der Waals surface area contributed by atoms with E-state index in [2.05, 4.69) is 10.6 Å². The Morgan fingerprint density at radius 1 is 1.17 bits per heavy atom. The zero-order chi connectivity index (χ0) is 16.9. The van der Waals surface area contributed by atoms with E-state index in [0.717, 1.165) is 16.8 Å². The molecule has 0 aromatic heterocycles. The van der Waals surface area contributed by atoms with Crippen LogP contribution in [0.3, 0.4) is 0 Å². The number of hydrogen-bond acceptors (Lipinski definition) is 4. The minimum Gasteiger partial charge on any atom is -0.486 e. The van der Waals surface area contributed by atoms with Crippen LogP contribution in [0.1, 0.15) is 17.2 Å². The zero-order valence-corrected chi connectivity index (χ0v) is 14.2. The van der Waals surface area contributed by atoms with Gasteiger partial charge in [0.25, 0.3) is 0 Å². The third-order valence-electron chi connectivity index (χ3n) is 3.80. The number of aliphatic hydroxyl groups is 1. The second-order valence-corrected chi connectivity index (χ2v) is 5.98. The molecule has 1 atom stereocenters. The maximum Gasteiger partial charge on any atom is 0.170 e. The van der Waals surface area contributed by atoms with Gasteiger partial charge in [-0.3, -0.25) is 0 Å². The van der Waals surface area contributed by atoms with Crippen LogP contribution in [0, 0.1) is 6.92 Å². The molecule has 3 rings (SSSR count). The van der Waals surface area contributed by atoms with Crippen molar-refractivity contribution in [2.75, 3.05) is 25.1 Å². The number of para-hydroxylation sites is 1. The normalized spacial score (nSPS) is 13.9.